The number of nitrogens with zero attached hydrogens (tertiary/aromatic N) is 2. The van der Waals surface area contributed by atoms with Crippen molar-refractivity contribution in [2.24, 2.45) is 23.7 Å². The smallest absolute Gasteiger partial charge is 0.181 e. The van der Waals surface area contributed by atoms with Crippen LogP contribution in [0, 0.1) is 29.1 Å². The third-order valence-electron chi connectivity index (χ3n) is 10.2. The number of hydrogen-bond donors (Lipinski definition) is 5. The van der Waals surface area contributed by atoms with Gasteiger partial charge in [-0.3, -0.25) is 29.0 Å². The molecule has 3 aliphatic carbocycles. The van der Waals surface area contributed by atoms with E-state index in [1.807, 2.05) is 6.07 Å². The van der Waals surface area contributed by atoms with Gasteiger partial charge in [-0.05, 0) is 70.9 Å². The van der Waals surface area contributed by atoms with Crippen LogP contribution in [0.5, 0.6) is 11.5 Å². The zero-order chi connectivity index (χ0) is 32.5. The van der Waals surface area contributed by atoms with E-state index in [4.69, 9.17) is 10.1 Å². The predicted molar refractivity (Wildman–Crippen MR) is 162 cm³/mol. The van der Waals surface area contributed by atoms with Gasteiger partial charge in [0.15, 0.2) is 23.0 Å². The normalized spacial score (nSPS) is 30.5. The molecule has 1 saturated heterocycles. The van der Waals surface area contributed by atoms with Crippen LogP contribution in [0.25, 0.3) is 10.8 Å². The molecular weight excluding hydrogens is 582 g/mol. The number of aliphatic hydroxyl groups excluding tert-OH is 2. The number of phenolic OH excluding ortho intramolecular Hbond substituents is 1. The van der Waals surface area contributed by atoms with Crippen LogP contribution in [0.15, 0.2) is 18.2 Å². The summed E-state index contributed by atoms with van der Waals surface area (Å²) < 4.78 is 6.04. The Bertz CT molecular complexity index is 1630. The zero-order valence-electron chi connectivity index (χ0n) is 25.6. The van der Waals surface area contributed by atoms with Crippen molar-refractivity contribution in [1.29, 1.82) is 5.41 Å². The van der Waals surface area contributed by atoms with Gasteiger partial charge in [0.05, 0.1) is 29.8 Å². The second-order valence-corrected chi connectivity index (χ2v) is 13.2. The van der Waals surface area contributed by atoms with Crippen LogP contribution < -0.4 is 4.74 Å². The standard InChI is InChI=1S/C33H39N3O9/c1-15(38)23-29(42)26(35(2)3)22-11-17-10-21-25(28(41)24(17)32(43)33(22,44)31(23)34)27(40)20-9-16(12-36-7-4-8-36)5-6-19(20)30(21)45-14-18(39)13-37/h5-6,9,17-18,22-24,26,34,37,39-40,44H,4,7-8,10-14H2,1-3H3. The van der Waals surface area contributed by atoms with Gasteiger partial charge >= 0.3 is 0 Å². The maximum Gasteiger partial charge on any atom is 0.181 e. The van der Waals surface area contributed by atoms with Crippen molar-refractivity contribution in [3.05, 3.63) is 34.9 Å². The molecule has 12 heteroatoms. The first kappa shape index (κ1) is 31.4. The molecule has 2 aromatic rings. The molecule has 0 amide bonds. The molecule has 0 bridgehead atoms. The molecule has 1 heterocycles. The summed E-state index contributed by atoms with van der Waals surface area (Å²) in [5.74, 6) is -7.80. The van der Waals surface area contributed by atoms with E-state index in [-0.39, 0.29) is 36.5 Å². The summed E-state index contributed by atoms with van der Waals surface area (Å²) >= 11 is 0. The van der Waals surface area contributed by atoms with E-state index in [9.17, 15) is 39.6 Å². The molecule has 1 aliphatic heterocycles. The van der Waals surface area contributed by atoms with E-state index in [0.29, 0.717) is 22.9 Å². The number of aromatic hydroxyl groups is 1. The number of ether oxygens (including phenoxy) is 1. The Hall–Kier alpha value is -3.55. The maximum absolute atomic E-state index is 14.3. The highest BCUT2D eigenvalue weighted by Crippen LogP contribution is 2.53. The average molecular weight is 622 g/mol. The minimum atomic E-state index is -2.52. The van der Waals surface area contributed by atoms with Crippen molar-refractivity contribution >= 4 is 39.6 Å². The first-order chi connectivity index (χ1) is 21.3. The van der Waals surface area contributed by atoms with Crippen LogP contribution in [0.3, 0.4) is 0 Å². The molecule has 2 saturated carbocycles. The van der Waals surface area contributed by atoms with E-state index in [1.165, 1.54) is 4.90 Å². The molecule has 6 rings (SSSR count). The summed E-state index contributed by atoms with van der Waals surface area (Å²) in [5.41, 5.74) is -2.11. The SMILES string of the molecule is CC(=O)C1C(=N)C2(O)C(=O)C3C(=O)c4c(c(OCC(O)CO)c5ccc(CN6CCC6)cc5c4O)CC3CC2C(N(C)C)C1=O. The van der Waals surface area contributed by atoms with Crippen molar-refractivity contribution in [2.75, 3.05) is 40.4 Å². The lowest BCUT2D eigenvalue weighted by Crippen LogP contribution is -2.73. The largest absolute Gasteiger partial charge is 0.507 e. The number of aliphatic hydroxyl groups is 3. The molecule has 3 fully saturated rings. The summed E-state index contributed by atoms with van der Waals surface area (Å²) in [6, 6.07) is 4.42. The summed E-state index contributed by atoms with van der Waals surface area (Å²) in [5, 5.41) is 52.7. The fourth-order valence-corrected chi connectivity index (χ4v) is 7.95. The predicted octanol–water partition coefficient (Wildman–Crippen LogP) is 0.512. The van der Waals surface area contributed by atoms with Gasteiger partial charge in [-0.15, -0.1) is 0 Å². The van der Waals surface area contributed by atoms with Gasteiger partial charge in [0, 0.05) is 28.8 Å². The first-order valence-electron chi connectivity index (χ1n) is 15.4. The molecule has 0 radical (unpaired) electrons. The molecule has 0 aromatic heterocycles. The number of phenols is 1. The summed E-state index contributed by atoms with van der Waals surface area (Å²) in [6.07, 6.45) is -0.00999. The van der Waals surface area contributed by atoms with Crippen LogP contribution >= 0.6 is 0 Å². The molecule has 2 aromatic carbocycles. The van der Waals surface area contributed by atoms with Crippen molar-refractivity contribution in [2.45, 2.75) is 50.5 Å². The highest BCUT2D eigenvalue weighted by atomic mass is 16.5. The van der Waals surface area contributed by atoms with Gasteiger partial charge < -0.3 is 30.6 Å². The van der Waals surface area contributed by atoms with Crippen molar-refractivity contribution in [3.8, 4) is 11.5 Å². The number of Topliss-reactive ketones (excluding diaryl/α,β-unsaturated/α-hetero) is 4. The van der Waals surface area contributed by atoms with Gasteiger partial charge in [-0.25, -0.2) is 0 Å². The summed E-state index contributed by atoms with van der Waals surface area (Å²) in [4.78, 5) is 58.4. The summed E-state index contributed by atoms with van der Waals surface area (Å²) in [7, 11) is 3.21. The molecule has 5 N–H and O–H groups in total. The van der Waals surface area contributed by atoms with E-state index in [1.54, 1.807) is 26.2 Å². The molecule has 12 nitrogen and oxygen atoms in total. The van der Waals surface area contributed by atoms with Crippen LogP contribution in [-0.2, 0) is 27.3 Å². The third-order valence-corrected chi connectivity index (χ3v) is 10.2. The Kier molecular flexibility index (Phi) is 7.93. The Morgan fingerprint density at radius 2 is 1.91 bits per heavy atom. The second-order valence-electron chi connectivity index (χ2n) is 13.2. The molecule has 4 aliphatic rings. The van der Waals surface area contributed by atoms with Gasteiger partial charge in [-0.2, -0.15) is 0 Å². The lowest BCUT2D eigenvalue weighted by molar-refractivity contribution is -0.157. The number of benzene rings is 2. The molecule has 7 atom stereocenters. The maximum atomic E-state index is 14.3. The van der Waals surface area contributed by atoms with Crippen molar-refractivity contribution in [1.82, 2.24) is 9.80 Å². The van der Waals surface area contributed by atoms with Crippen LogP contribution in [0.2, 0.25) is 0 Å². The number of carbonyl (C=O) groups is 4. The number of likely N-dealkylation sites (N-methyl/N-ethyl adjacent to an activating group) is 1. The van der Waals surface area contributed by atoms with Gasteiger partial charge in [-0.1, -0.05) is 12.1 Å². The van der Waals surface area contributed by atoms with E-state index in [0.717, 1.165) is 32.0 Å². The number of ketones is 4. The number of fused-ring (bicyclic) bond motifs is 4. The van der Waals surface area contributed by atoms with E-state index in [2.05, 4.69) is 4.90 Å². The monoisotopic (exact) mass is 621 g/mol. The Morgan fingerprint density at radius 1 is 1.20 bits per heavy atom. The van der Waals surface area contributed by atoms with Crippen molar-refractivity contribution < 1.29 is 44.3 Å². The minimum Gasteiger partial charge on any atom is -0.507 e. The molecule has 240 valence electrons. The van der Waals surface area contributed by atoms with E-state index < -0.39 is 76.9 Å². The Morgan fingerprint density at radius 3 is 2.51 bits per heavy atom. The van der Waals surface area contributed by atoms with Gasteiger partial charge in [0.25, 0.3) is 0 Å². The third kappa shape index (κ3) is 4.73. The number of rotatable bonds is 8. The first-order valence-corrected chi connectivity index (χ1v) is 15.4. The highest BCUT2D eigenvalue weighted by molar-refractivity contribution is 6.33. The number of carbonyl (C=O) groups excluding carboxylic acids is 4. The minimum absolute atomic E-state index is 0.0198. The Balaban J connectivity index is 1.49. The van der Waals surface area contributed by atoms with E-state index >= 15 is 0 Å². The fraction of sp³-hybridized carbons (Fsp3) is 0.545. The molecule has 45 heavy (non-hydrogen) atoms. The Labute approximate surface area is 260 Å². The lowest BCUT2D eigenvalue weighted by atomic mass is 9.52. The van der Waals surface area contributed by atoms with Gasteiger partial charge in [0.2, 0.25) is 0 Å². The number of likely N-dealkylation sites (tertiary alicyclic amines) is 1. The molecular formula is C33H39N3O9. The number of hydrogen-bond acceptors (Lipinski definition) is 12. The summed E-state index contributed by atoms with van der Waals surface area (Å²) in [6.45, 7) is 2.85. The highest BCUT2D eigenvalue weighted by Gasteiger charge is 2.67. The lowest BCUT2D eigenvalue weighted by Gasteiger charge is -2.53. The number of nitrogens with one attached hydrogen (secondary N) is 1. The topological polar surface area (TPSA) is 189 Å². The van der Waals surface area contributed by atoms with Crippen LogP contribution in [-0.4, -0.2) is 117 Å². The fourth-order valence-electron chi connectivity index (χ4n) is 7.95. The molecule has 7 unspecified atom stereocenters. The van der Waals surface area contributed by atoms with Crippen molar-refractivity contribution in [3.63, 3.8) is 0 Å². The second kappa shape index (κ2) is 11.4. The average Bonchev–Trinajstić information content (AvgIpc) is 2.96. The van der Waals surface area contributed by atoms with Crippen LogP contribution in [0.1, 0.15) is 41.3 Å². The van der Waals surface area contributed by atoms with Gasteiger partial charge in [0.1, 0.15) is 35.9 Å². The zero-order valence-corrected chi connectivity index (χ0v) is 25.6. The van der Waals surface area contributed by atoms with Crippen LogP contribution in [0.4, 0.5) is 0 Å². The molecule has 0 spiro atoms. The quantitative estimate of drug-likeness (QED) is 0.258.